The number of carbonyl (C=O) groups excluding carboxylic acids is 1. The Morgan fingerprint density at radius 1 is 1.38 bits per heavy atom. The van der Waals surface area contributed by atoms with Crippen molar-refractivity contribution in [2.75, 3.05) is 6.61 Å². The van der Waals surface area contributed by atoms with Gasteiger partial charge in [0.1, 0.15) is 12.7 Å². The molecule has 1 fully saturated rings. The van der Waals surface area contributed by atoms with Crippen molar-refractivity contribution in [2.45, 2.75) is 24.1 Å². The third-order valence-corrected chi connectivity index (χ3v) is 1.85. The van der Waals surface area contributed by atoms with Crippen LogP contribution in [0.1, 0.15) is 0 Å². The van der Waals surface area contributed by atoms with Crippen molar-refractivity contribution in [1.29, 1.82) is 0 Å². The number of hydrogen-bond donors (Lipinski definition) is 5. The molecule has 0 saturated carbocycles. The summed E-state index contributed by atoms with van der Waals surface area (Å²) >= 11 is 0. The number of esters is 1. The van der Waals surface area contributed by atoms with Crippen LogP contribution in [0.3, 0.4) is 0 Å². The molecule has 1 heterocycles. The summed E-state index contributed by atoms with van der Waals surface area (Å²) in [6.45, 7) is -1.07. The summed E-state index contributed by atoms with van der Waals surface area (Å²) < 4.78 is 4.12. The summed E-state index contributed by atoms with van der Waals surface area (Å²) in [6, 6.07) is 0. The van der Waals surface area contributed by atoms with E-state index in [1.54, 1.807) is 0 Å². The van der Waals surface area contributed by atoms with E-state index in [2.05, 4.69) is 4.74 Å². The minimum absolute atomic E-state index is 1.07. The molecule has 0 aromatic rings. The average Bonchev–Trinajstić information content (AvgIpc) is 2.12. The van der Waals surface area contributed by atoms with Crippen molar-refractivity contribution in [1.82, 2.24) is 0 Å². The normalized spacial score (nSPS) is 45.9. The van der Waals surface area contributed by atoms with Crippen molar-refractivity contribution in [3.63, 3.8) is 0 Å². The van der Waals surface area contributed by atoms with Gasteiger partial charge in [-0.25, -0.2) is 4.79 Å². The van der Waals surface area contributed by atoms with Crippen molar-refractivity contribution in [3.8, 4) is 0 Å². The molecule has 5 N–H and O–H groups in total. The molecule has 0 aliphatic carbocycles. The highest BCUT2D eigenvalue weighted by Crippen LogP contribution is 2.23. The van der Waals surface area contributed by atoms with Gasteiger partial charge in [0, 0.05) is 0 Å². The summed E-state index contributed by atoms with van der Waals surface area (Å²) in [4.78, 5) is 10.7. The Labute approximate surface area is 72.8 Å². The van der Waals surface area contributed by atoms with E-state index in [1.807, 2.05) is 0 Å². The Morgan fingerprint density at radius 3 is 2.38 bits per heavy atom. The molecule has 1 aliphatic heterocycles. The van der Waals surface area contributed by atoms with E-state index in [-0.39, 0.29) is 0 Å². The van der Waals surface area contributed by atoms with Gasteiger partial charge in [-0.1, -0.05) is 0 Å². The van der Waals surface area contributed by atoms with Crippen molar-refractivity contribution in [3.05, 3.63) is 0 Å². The van der Waals surface area contributed by atoms with E-state index < -0.39 is 36.7 Å². The van der Waals surface area contributed by atoms with Crippen LogP contribution < -0.4 is 0 Å². The van der Waals surface area contributed by atoms with Crippen LogP contribution in [-0.2, 0) is 9.53 Å². The SMILES string of the molecule is O=C1OC(O)(CO)[C@@H](O)[C@@H](O)[C@@H]1O. The zero-order chi connectivity index (χ0) is 10.2. The predicted molar refractivity (Wildman–Crippen MR) is 36.1 cm³/mol. The smallest absolute Gasteiger partial charge is 0.340 e. The van der Waals surface area contributed by atoms with Crippen LogP contribution in [0.4, 0.5) is 0 Å². The number of aliphatic hydroxyl groups excluding tert-OH is 4. The van der Waals surface area contributed by atoms with Crippen LogP contribution in [-0.4, -0.2) is 62.2 Å². The van der Waals surface area contributed by atoms with Gasteiger partial charge in [-0.15, -0.1) is 0 Å². The largest absolute Gasteiger partial charge is 0.426 e. The maximum absolute atomic E-state index is 10.7. The Hall–Kier alpha value is -0.730. The molecule has 1 aliphatic rings. The zero-order valence-corrected chi connectivity index (χ0v) is 6.49. The molecule has 0 amide bonds. The minimum Gasteiger partial charge on any atom is -0.426 e. The third-order valence-electron chi connectivity index (χ3n) is 1.85. The minimum atomic E-state index is -2.55. The Bertz CT molecular complexity index is 217. The monoisotopic (exact) mass is 194 g/mol. The molecule has 13 heavy (non-hydrogen) atoms. The predicted octanol–water partition coefficient (Wildman–Crippen LogP) is -3.69. The van der Waals surface area contributed by atoms with Gasteiger partial charge in [0.2, 0.25) is 0 Å². The fraction of sp³-hybridized carbons (Fsp3) is 0.833. The molecule has 4 atom stereocenters. The molecule has 0 bridgehead atoms. The van der Waals surface area contributed by atoms with Gasteiger partial charge in [0.15, 0.2) is 12.2 Å². The van der Waals surface area contributed by atoms with Crippen LogP contribution in [0.5, 0.6) is 0 Å². The van der Waals surface area contributed by atoms with Crippen LogP contribution in [0.2, 0.25) is 0 Å². The summed E-state index contributed by atoms with van der Waals surface area (Å²) in [7, 11) is 0. The highest BCUT2D eigenvalue weighted by molar-refractivity contribution is 5.76. The number of aliphatic hydroxyl groups is 5. The number of carbonyl (C=O) groups is 1. The van der Waals surface area contributed by atoms with E-state index in [0.29, 0.717) is 0 Å². The first kappa shape index (κ1) is 10.4. The maximum atomic E-state index is 10.7. The fourth-order valence-corrected chi connectivity index (χ4v) is 1.000. The third kappa shape index (κ3) is 1.52. The zero-order valence-electron chi connectivity index (χ0n) is 6.49. The second-order valence-electron chi connectivity index (χ2n) is 2.80. The lowest BCUT2D eigenvalue weighted by Gasteiger charge is -2.39. The van der Waals surface area contributed by atoms with Crippen molar-refractivity contribution < 1.29 is 35.1 Å². The first-order chi connectivity index (χ1) is 5.92. The molecule has 0 radical (unpaired) electrons. The van der Waals surface area contributed by atoms with E-state index in [1.165, 1.54) is 0 Å². The van der Waals surface area contributed by atoms with Crippen molar-refractivity contribution in [2.24, 2.45) is 0 Å². The molecular weight excluding hydrogens is 184 g/mol. The molecule has 1 unspecified atom stereocenters. The first-order valence-electron chi connectivity index (χ1n) is 3.52. The van der Waals surface area contributed by atoms with Crippen molar-refractivity contribution >= 4 is 5.97 Å². The lowest BCUT2D eigenvalue weighted by atomic mass is 9.97. The van der Waals surface area contributed by atoms with Crippen LogP contribution in [0, 0.1) is 0 Å². The molecular formula is C6H10O7. The highest BCUT2D eigenvalue weighted by Gasteiger charge is 2.53. The number of cyclic esters (lactones) is 1. The standard InChI is InChI=1S/C6H10O7/c7-1-6(12)4(10)2(8)3(9)5(11)13-6/h2-4,7-10,12H,1H2/t2-,3-,4-,6?/m0/s1. The Balaban J connectivity index is 2.88. The molecule has 0 aromatic heterocycles. The van der Waals surface area contributed by atoms with Gasteiger partial charge < -0.3 is 30.3 Å². The molecule has 0 spiro atoms. The van der Waals surface area contributed by atoms with Gasteiger partial charge in [-0.05, 0) is 0 Å². The van der Waals surface area contributed by atoms with E-state index >= 15 is 0 Å². The Kier molecular flexibility index (Phi) is 2.55. The number of hydrogen-bond acceptors (Lipinski definition) is 7. The lowest BCUT2D eigenvalue weighted by Crippen LogP contribution is -2.64. The average molecular weight is 194 g/mol. The topological polar surface area (TPSA) is 127 Å². The van der Waals surface area contributed by atoms with Gasteiger partial charge in [0.25, 0.3) is 5.79 Å². The highest BCUT2D eigenvalue weighted by atomic mass is 16.7. The summed E-state index contributed by atoms with van der Waals surface area (Å²) in [6.07, 6.45) is -5.73. The number of rotatable bonds is 1. The van der Waals surface area contributed by atoms with Gasteiger partial charge in [0.05, 0.1) is 0 Å². The second kappa shape index (κ2) is 3.20. The molecule has 1 saturated heterocycles. The van der Waals surface area contributed by atoms with Crippen LogP contribution >= 0.6 is 0 Å². The van der Waals surface area contributed by atoms with Crippen LogP contribution in [0.15, 0.2) is 0 Å². The molecule has 0 aromatic carbocycles. The number of ether oxygens (including phenoxy) is 1. The second-order valence-corrected chi connectivity index (χ2v) is 2.80. The first-order valence-corrected chi connectivity index (χ1v) is 3.52. The molecule has 76 valence electrons. The quantitative estimate of drug-likeness (QED) is 0.272. The van der Waals surface area contributed by atoms with E-state index in [0.717, 1.165) is 0 Å². The van der Waals surface area contributed by atoms with E-state index in [4.69, 9.17) is 20.4 Å². The van der Waals surface area contributed by atoms with Gasteiger partial charge >= 0.3 is 5.97 Å². The Morgan fingerprint density at radius 2 is 1.92 bits per heavy atom. The molecule has 7 nitrogen and oxygen atoms in total. The van der Waals surface area contributed by atoms with Gasteiger partial charge in [-0.3, -0.25) is 0 Å². The lowest BCUT2D eigenvalue weighted by molar-refractivity contribution is -0.307. The molecule has 1 rings (SSSR count). The molecule has 7 heteroatoms. The van der Waals surface area contributed by atoms with Gasteiger partial charge in [-0.2, -0.15) is 0 Å². The maximum Gasteiger partial charge on any atom is 0.340 e. The van der Waals surface area contributed by atoms with E-state index in [9.17, 15) is 9.90 Å². The summed E-state index contributed by atoms with van der Waals surface area (Å²) in [5.74, 6) is -3.84. The summed E-state index contributed by atoms with van der Waals surface area (Å²) in [5, 5.41) is 44.7. The van der Waals surface area contributed by atoms with Crippen LogP contribution in [0.25, 0.3) is 0 Å². The fourth-order valence-electron chi connectivity index (χ4n) is 1.000. The summed E-state index contributed by atoms with van der Waals surface area (Å²) in [5.41, 5.74) is 0.